The first-order valence-electron chi connectivity index (χ1n) is 30.2. The van der Waals surface area contributed by atoms with Gasteiger partial charge in [0.2, 0.25) is 5.91 Å². The number of aliphatic hydroxyl groups is 7. The third kappa shape index (κ3) is 37.9. The molecular formula is C60H115NO10. The van der Waals surface area contributed by atoms with Crippen LogP contribution in [0.1, 0.15) is 284 Å². The van der Waals surface area contributed by atoms with E-state index in [1.807, 2.05) is 0 Å². The highest BCUT2D eigenvalue weighted by atomic mass is 16.7. The van der Waals surface area contributed by atoms with Crippen molar-refractivity contribution in [2.24, 2.45) is 0 Å². The van der Waals surface area contributed by atoms with Crippen molar-refractivity contribution in [1.82, 2.24) is 5.32 Å². The minimum Gasteiger partial charge on any atom is -0.394 e. The number of nitrogens with one attached hydrogen (secondary N) is 1. The van der Waals surface area contributed by atoms with Crippen LogP contribution in [-0.4, -0.2) is 110 Å². The molecule has 0 aromatic carbocycles. The van der Waals surface area contributed by atoms with Crippen LogP contribution in [0, 0.1) is 0 Å². The van der Waals surface area contributed by atoms with Gasteiger partial charge in [-0.05, 0) is 64.2 Å². The second kappa shape index (κ2) is 49.5. The van der Waals surface area contributed by atoms with E-state index in [-0.39, 0.29) is 12.8 Å². The number of aliphatic hydroxyl groups excluding tert-OH is 7. The lowest BCUT2D eigenvalue weighted by molar-refractivity contribution is -0.303. The summed E-state index contributed by atoms with van der Waals surface area (Å²) in [5.41, 5.74) is 0. The van der Waals surface area contributed by atoms with Crippen LogP contribution in [0.3, 0.4) is 0 Å². The molecule has 420 valence electrons. The molecule has 8 N–H and O–H groups in total. The monoisotopic (exact) mass is 1010 g/mol. The molecule has 1 saturated heterocycles. The number of rotatable bonds is 52. The minimum atomic E-state index is -1.67. The maximum atomic E-state index is 13.2. The SMILES string of the molecule is CCCCCCCCCCCCC/C=C\CCCCCCCCC(O)C(=O)NC(COC1OC(CO)C(O)C(O)C1O)C(O)C(O)CCC/C=C/CCCCCCCCCCCCCCCCCCCC. The first-order valence-corrected chi connectivity index (χ1v) is 30.2. The zero-order valence-electron chi connectivity index (χ0n) is 46.0. The third-order valence-corrected chi connectivity index (χ3v) is 14.7. The van der Waals surface area contributed by atoms with Gasteiger partial charge in [0.05, 0.1) is 25.4 Å². The highest BCUT2D eigenvalue weighted by Crippen LogP contribution is 2.23. The Labute approximate surface area is 435 Å². The molecule has 0 radical (unpaired) electrons. The standard InChI is InChI=1S/C60H115NO10/c1-3-5-7-9-11-13-15-17-19-21-23-25-26-28-29-31-33-35-37-39-41-43-45-47-52(63)55(65)51(50-70-60-58(68)57(67)56(66)54(49-62)71-60)61-59(69)53(64)48-46-44-42-40-38-36-34-32-30-27-24-22-20-18-16-14-12-10-8-6-4-2/h30,32,39,41,51-58,60,62-68H,3-29,31,33-38,40,42-50H2,1-2H3,(H,61,69)/b32-30-,41-39+. The molecule has 11 heteroatoms. The number of hydrogen-bond donors (Lipinski definition) is 8. The Morgan fingerprint density at radius 2 is 0.831 bits per heavy atom. The Balaban J connectivity index is 2.32. The summed E-state index contributed by atoms with van der Waals surface area (Å²) in [6, 6.07) is -1.19. The van der Waals surface area contributed by atoms with Crippen molar-refractivity contribution in [3.63, 3.8) is 0 Å². The second-order valence-corrected chi connectivity index (χ2v) is 21.4. The molecule has 11 nitrogen and oxygen atoms in total. The number of allylic oxidation sites excluding steroid dienone is 4. The van der Waals surface area contributed by atoms with Crippen molar-refractivity contribution in [1.29, 1.82) is 0 Å². The summed E-state index contributed by atoms with van der Waals surface area (Å²) in [7, 11) is 0. The lowest BCUT2D eigenvalue weighted by Crippen LogP contribution is -2.60. The van der Waals surface area contributed by atoms with E-state index >= 15 is 0 Å². The molecule has 0 aromatic rings. The van der Waals surface area contributed by atoms with E-state index in [1.165, 1.54) is 186 Å². The van der Waals surface area contributed by atoms with Gasteiger partial charge in [0.1, 0.15) is 36.6 Å². The fourth-order valence-corrected chi connectivity index (χ4v) is 9.79. The summed E-state index contributed by atoms with van der Waals surface area (Å²) in [5, 5.41) is 76.2. The lowest BCUT2D eigenvalue weighted by atomic mass is 9.98. The Hall–Kier alpha value is -1.41. The summed E-state index contributed by atoms with van der Waals surface area (Å²) in [5.74, 6) is -0.707. The van der Waals surface area contributed by atoms with Crippen LogP contribution in [0.5, 0.6) is 0 Å². The molecule has 71 heavy (non-hydrogen) atoms. The summed E-state index contributed by atoms with van der Waals surface area (Å²) in [4.78, 5) is 13.2. The van der Waals surface area contributed by atoms with E-state index in [2.05, 4.69) is 43.5 Å². The van der Waals surface area contributed by atoms with Crippen molar-refractivity contribution < 1.29 is 50.0 Å². The van der Waals surface area contributed by atoms with Crippen LogP contribution < -0.4 is 5.32 Å². The molecule has 0 spiro atoms. The molecule has 0 bridgehead atoms. The zero-order chi connectivity index (χ0) is 51.8. The molecule has 1 rings (SSSR count). The molecule has 1 aliphatic rings. The molecule has 9 atom stereocenters. The van der Waals surface area contributed by atoms with Gasteiger partial charge in [-0.3, -0.25) is 4.79 Å². The highest BCUT2D eigenvalue weighted by Gasteiger charge is 2.44. The van der Waals surface area contributed by atoms with Gasteiger partial charge in [-0.25, -0.2) is 0 Å². The van der Waals surface area contributed by atoms with E-state index in [0.29, 0.717) is 12.8 Å². The third-order valence-electron chi connectivity index (χ3n) is 14.7. The van der Waals surface area contributed by atoms with Crippen LogP contribution in [0.2, 0.25) is 0 Å². The van der Waals surface area contributed by atoms with Crippen molar-refractivity contribution in [2.45, 2.75) is 339 Å². The fraction of sp³-hybridized carbons (Fsp3) is 0.917. The molecule has 1 aliphatic heterocycles. The van der Waals surface area contributed by atoms with Crippen molar-refractivity contribution in [3.8, 4) is 0 Å². The van der Waals surface area contributed by atoms with Gasteiger partial charge in [0.25, 0.3) is 0 Å². The van der Waals surface area contributed by atoms with Crippen LogP contribution in [-0.2, 0) is 14.3 Å². The Kier molecular flexibility index (Phi) is 47.1. The van der Waals surface area contributed by atoms with Gasteiger partial charge in [-0.1, -0.05) is 244 Å². The zero-order valence-corrected chi connectivity index (χ0v) is 46.0. The Morgan fingerprint density at radius 1 is 0.479 bits per heavy atom. The van der Waals surface area contributed by atoms with Gasteiger partial charge in [0.15, 0.2) is 6.29 Å². The number of carbonyl (C=O) groups excluding carboxylic acids is 1. The van der Waals surface area contributed by atoms with Crippen molar-refractivity contribution >= 4 is 5.91 Å². The average Bonchev–Trinajstić information content (AvgIpc) is 3.37. The van der Waals surface area contributed by atoms with E-state index in [4.69, 9.17) is 9.47 Å². The Morgan fingerprint density at radius 3 is 1.21 bits per heavy atom. The van der Waals surface area contributed by atoms with Crippen LogP contribution >= 0.6 is 0 Å². The number of ether oxygens (including phenoxy) is 2. The van der Waals surface area contributed by atoms with Gasteiger partial charge in [0, 0.05) is 0 Å². The predicted molar refractivity (Wildman–Crippen MR) is 293 cm³/mol. The highest BCUT2D eigenvalue weighted by molar-refractivity contribution is 5.80. The quantitative estimate of drug-likeness (QED) is 0.0215. The van der Waals surface area contributed by atoms with E-state index in [1.54, 1.807) is 0 Å². The molecule has 0 aliphatic carbocycles. The van der Waals surface area contributed by atoms with Crippen molar-refractivity contribution in [2.75, 3.05) is 13.2 Å². The molecule has 1 heterocycles. The number of carbonyl (C=O) groups is 1. The molecule has 9 unspecified atom stereocenters. The van der Waals surface area contributed by atoms with Gasteiger partial charge < -0.3 is 50.5 Å². The molecule has 1 amide bonds. The van der Waals surface area contributed by atoms with Crippen LogP contribution in [0.15, 0.2) is 24.3 Å². The molecule has 0 saturated carbocycles. The van der Waals surface area contributed by atoms with Crippen LogP contribution in [0.4, 0.5) is 0 Å². The first kappa shape index (κ1) is 67.6. The number of hydrogen-bond acceptors (Lipinski definition) is 10. The van der Waals surface area contributed by atoms with E-state index < -0.39 is 74.2 Å². The van der Waals surface area contributed by atoms with Crippen molar-refractivity contribution in [3.05, 3.63) is 24.3 Å². The maximum absolute atomic E-state index is 13.2. The predicted octanol–water partition coefficient (Wildman–Crippen LogP) is 12.9. The van der Waals surface area contributed by atoms with Gasteiger partial charge in [-0.15, -0.1) is 0 Å². The summed E-state index contributed by atoms with van der Waals surface area (Å²) >= 11 is 0. The smallest absolute Gasteiger partial charge is 0.249 e. The molecular weight excluding hydrogens is 895 g/mol. The van der Waals surface area contributed by atoms with E-state index in [0.717, 1.165) is 57.8 Å². The summed E-state index contributed by atoms with van der Waals surface area (Å²) in [6.07, 6.45) is 48.1. The molecule has 1 fully saturated rings. The average molecular weight is 1010 g/mol. The fourth-order valence-electron chi connectivity index (χ4n) is 9.79. The molecule has 0 aromatic heterocycles. The summed E-state index contributed by atoms with van der Waals surface area (Å²) < 4.78 is 11.1. The maximum Gasteiger partial charge on any atom is 0.249 e. The topological polar surface area (TPSA) is 189 Å². The summed E-state index contributed by atoms with van der Waals surface area (Å²) in [6.45, 7) is 3.47. The van der Waals surface area contributed by atoms with Gasteiger partial charge in [-0.2, -0.15) is 0 Å². The number of unbranched alkanes of at least 4 members (excludes halogenated alkanes) is 36. The van der Waals surface area contributed by atoms with Crippen LogP contribution in [0.25, 0.3) is 0 Å². The van der Waals surface area contributed by atoms with E-state index in [9.17, 15) is 40.5 Å². The largest absolute Gasteiger partial charge is 0.394 e. The Bertz CT molecular complexity index is 1200. The van der Waals surface area contributed by atoms with Gasteiger partial charge >= 0.3 is 0 Å². The minimum absolute atomic E-state index is 0.248. The number of amides is 1. The normalized spacial score (nSPS) is 20.3. The first-order chi connectivity index (χ1) is 34.7. The second-order valence-electron chi connectivity index (χ2n) is 21.4. The lowest BCUT2D eigenvalue weighted by Gasteiger charge is -2.40.